The van der Waals surface area contributed by atoms with Crippen LogP contribution in [0.2, 0.25) is 0 Å². The van der Waals surface area contributed by atoms with Gasteiger partial charge in [0.15, 0.2) is 0 Å². The lowest BCUT2D eigenvalue weighted by atomic mass is 10.1. The molecule has 0 amide bonds. The van der Waals surface area contributed by atoms with E-state index in [9.17, 15) is 4.79 Å². The van der Waals surface area contributed by atoms with Gasteiger partial charge in [0.05, 0.1) is 11.1 Å². The zero-order chi connectivity index (χ0) is 12.0. The molecule has 0 spiro atoms. The predicted molar refractivity (Wildman–Crippen MR) is 68.9 cm³/mol. The Morgan fingerprint density at radius 1 is 1.44 bits per heavy atom. The van der Waals surface area contributed by atoms with E-state index in [4.69, 9.17) is 4.74 Å². The van der Waals surface area contributed by atoms with Crippen LogP contribution in [0, 0.1) is 0 Å². The second kappa shape index (κ2) is 6.69. The average molecular weight is 285 g/mol. The van der Waals surface area contributed by atoms with Crippen LogP contribution >= 0.6 is 15.9 Å². The lowest BCUT2D eigenvalue weighted by Gasteiger charge is -2.08. The van der Waals surface area contributed by atoms with E-state index in [1.165, 1.54) is 0 Å². The molecule has 0 aromatic heterocycles. The van der Waals surface area contributed by atoms with E-state index >= 15 is 0 Å². The first-order valence-corrected chi connectivity index (χ1v) is 6.33. The number of ketones is 1. The number of Topliss-reactive ketones (excluding diaryl/α,β-unsaturated/α-hetero) is 1. The van der Waals surface area contributed by atoms with Crippen LogP contribution in [0.4, 0.5) is 0 Å². The molecule has 3 heteroatoms. The first-order chi connectivity index (χ1) is 7.63. The van der Waals surface area contributed by atoms with Gasteiger partial charge in [0.1, 0.15) is 11.5 Å². The maximum atomic E-state index is 11.0. The van der Waals surface area contributed by atoms with Gasteiger partial charge in [-0.3, -0.25) is 4.79 Å². The quantitative estimate of drug-likeness (QED) is 0.744. The minimum absolute atomic E-state index is 0.173. The van der Waals surface area contributed by atoms with Crippen molar-refractivity contribution in [2.45, 2.75) is 33.1 Å². The highest BCUT2D eigenvalue weighted by atomic mass is 79.9. The molecular formula is C13H17BrO2. The number of unbranched alkanes of at least 4 members (excludes halogenated alkanes) is 1. The molecular weight excluding hydrogens is 268 g/mol. The Kier molecular flexibility index (Phi) is 5.53. The molecule has 0 unspecified atom stereocenters. The lowest BCUT2D eigenvalue weighted by molar-refractivity contribution is -0.116. The summed E-state index contributed by atoms with van der Waals surface area (Å²) in [7, 11) is 0. The van der Waals surface area contributed by atoms with Gasteiger partial charge in [-0.1, -0.05) is 19.4 Å². The molecule has 1 rings (SSSR count). The van der Waals surface area contributed by atoms with Crippen molar-refractivity contribution in [3.8, 4) is 5.75 Å². The number of benzene rings is 1. The van der Waals surface area contributed by atoms with E-state index in [0.29, 0.717) is 6.42 Å². The number of halogens is 1. The van der Waals surface area contributed by atoms with Crippen molar-refractivity contribution in [1.82, 2.24) is 0 Å². The minimum atomic E-state index is 0.173. The zero-order valence-corrected chi connectivity index (χ0v) is 11.3. The minimum Gasteiger partial charge on any atom is -0.492 e. The van der Waals surface area contributed by atoms with Crippen molar-refractivity contribution in [3.05, 3.63) is 28.2 Å². The highest BCUT2D eigenvalue weighted by Crippen LogP contribution is 2.26. The van der Waals surface area contributed by atoms with Gasteiger partial charge in [-0.15, -0.1) is 0 Å². The van der Waals surface area contributed by atoms with E-state index in [1.807, 2.05) is 18.2 Å². The summed E-state index contributed by atoms with van der Waals surface area (Å²) in [4.78, 5) is 11.0. The van der Waals surface area contributed by atoms with Crippen molar-refractivity contribution in [3.63, 3.8) is 0 Å². The Bertz CT molecular complexity index is 361. The van der Waals surface area contributed by atoms with Gasteiger partial charge < -0.3 is 4.74 Å². The topological polar surface area (TPSA) is 26.3 Å². The van der Waals surface area contributed by atoms with Crippen LogP contribution in [-0.2, 0) is 11.2 Å². The number of carbonyl (C=O) groups is 1. The molecule has 0 aliphatic heterocycles. The van der Waals surface area contributed by atoms with Gasteiger partial charge in [0.25, 0.3) is 0 Å². The van der Waals surface area contributed by atoms with Crippen molar-refractivity contribution in [1.29, 1.82) is 0 Å². The largest absolute Gasteiger partial charge is 0.492 e. The van der Waals surface area contributed by atoms with Crippen LogP contribution < -0.4 is 4.74 Å². The molecule has 0 saturated carbocycles. The first-order valence-electron chi connectivity index (χ1n) is 5.54. The Labute approximate surface area is 105 Å². The fraction of sp³-hybridized carbons (Fsp3) is 0.462. The third-order valence-electron chi connectivity index (χ3n) is 2.20. The standard InChI is InChI=1S/C13H17BrO2/c1-3-4-7-16-13-6-5-11(8-10(2)15)9-12(13)14/h5-6,9H,3-4,7-8H2,1-2H3. The first kappa shape index (κ1) is 13.2. The second-order valence-electron chi connectivity index (χ2n) is 3.85. The smallest absolute Gasteiger partial charge is 0.134 e. The van der Waals surface area contributed by atoms with E-state index in [-0.39, 0.29) is 5.78 Å². The fourth-order valence-corrected chi connectivity index (χ4v) is 1.93. The molecule has 0 saturated heterocycles. The normalized spacial score (nSPS) is 10.2. The van der Waals surface area contributed by atoms with E-state index in [1.54, 1.807) is 6.92 Å². The third kappa shape index (κ3) is 4.35. The lowest BCUT2D eigenvalue weighted by Crippen LogP contribution is -1.99. The van der Waals surface area contributed by atoms with Crippen molar-refractivity contribution in [2.75, 3.05) is 6.61 Å². The van der Waals surface area contributed by atoms with E-state index in [2.05, 4.69) is 22.9 Å². The fourth-order valence-electron chi connectivity index (χ4n) is 1.39. The van der Waals surface area contributed by atoms with Crippen molar-refractivity contribution >= 4 is 21.7 Å². The number of carbonyl (C=O) groups excluding carboxylic acids is 1. The molecule has 0 bridgehead atoms. The molecule has 0 radical (unpaired) electrons. The number of hydrogen-bond donors (Lipinski definition) is 0. The summed E-state index contributed by atoms with van der Waals surface area (Å²) in [6.45, 7) is 4.47. The molecule has 0 N–H and O–H groups in total. The number of hydrogen-bond acceptors (Lipinski definition) is 2. The number of rotatable bonds is 6. The summed E-state index contributed by atoms with van der Waals surface area (Å²) < 4.78 is 6.52. The molecule has 88 valence electrons. The summed E-state index contributed by atoms with van der Waals surface area (Å²) in [5.41, 5.74) is 1.02. The molecule has 0 heterocycles. The summed E-state index contributed by atoms with van der Waals surface area (Å²) >= 11 is 3.45. The van der Waals surface area contributed by atoms with E-state index in [0.717, 1.165) is 35.2 Å². The molecule has 2 nitrogen and oxygen atoms in total. The molecule has 0 aliphatic rings. The Hall–Kier alpha value is -0.830. The maximum absolute atomic E-state index is 11.0. The SMILES string of the molecule is CCCCOc1ccc(CC(C)=O)cc1Br. The van der Waals surface area contributed by atoms with Gasteiger partial charge >= 0.3 is 0 Å². The Morgan fingerprint density at radius 2 is 2.19 bits per heavy atom. The predicted octanol–water partition coefficient (Wildman–Crippen LogP) is 3.76. The molecule has 0 atom stereocenters. The van der Waals surface area contributed by atoms with Crippen LogP contribution in [0.3, 0.4) is 0 Å². The summed E-state index contributed by atoms with van der Waals surface area (Å²) in [5.74, 6) is 1.02. The highest BCUT2D eigenvalue weighted by Gasteiger charge is 2.04. The van der Waals surface area contributed by atoms with Crippen LogP contribution in [0.1, 0.15) is 32.3 Å². The monoisotopic (exact) mass is 284 g/mol. The molecule has 1 aromatic carbocycles. The van der Waals surface area contributed by atoms with Crippen molar-refractivity contribution < 1.29 is 9.53 Å². The zero-order valence-electron chi connectivity index (χ0n) is 9.75. The maximum Gasteiger partial charge on any atom is 0.134 e. The third-order valence-corrected chi connectivity index (χ3v) is 2.82. The van der Waals surface area contributed by atoms with Crippen LogP contribution in [0.25, 0.3) is 0 Å². The van der Waals surface area contributed by atoms with Crippen LogP contribution in [0.5, 0.6) is 5.75 Å². The average Bonchev–Trinajstić information content (AvgIpc) is 2.20. The number of ether oxygens (including phenoxy) is 1. The van der Waals surface area contributed by atoms with Gasteiger partial charge in [-0.2, -0.15) is 0 Å². The second-order valence-corrected chi connectivity index (χ2v) is 4.70. The summed E-state index contributed by atoms with van der Waals surface area (Å²) in [6.07, 6.45) is 2.66. The molecule has 0 fully saturated rings. The van der Waals surface area contributed by atoms with Gasteiger partial charge in [0, 0.05) is 6.42 Å². The highest BCUT2D eigenvalue weighted by molar-refractivity contribution is 9.10. The molecule has 0 aliphatic carbocycles. The Morgan fingerprint density at radius 3 is 2.75 bits per heavy atom. The Balaban J connectivity index is 2.64. The van der Waals surface area contributed by atoms with Gasteiger partial charge in [0.2, 0.25) is 0 Å². The summed E-state index contributed by atoms with van der Waals surface area (Å²) in [6, 6.07) is 5.80. The summed E-state index contributed by atoms with van der Waals surface area (Å²) in [5, 5.41) is 0. The van der Waals surface area contributed by atoms with Crippen LogP contribution in [0.15, 0.2) is 22.7 Å². The van der Waals surface area contributed by atoms with E-state index < -0.39 is 0 Å². The molecule has 1 aromatic rings. The van der Waals surface area contributed by atoms with Crippen molar-refractivity contribution in [2.24, 2.45) is 0 Å². The van der Waals surface area contributed by atoms with Gasteiger partial charge in [-0.05, 0) is 47.0 Å². The molecule has 16 heavy (non-hydrogen) atoms. The van der Waals surface area contributed by atoms with Gasteiger partial charge in [-0.25, -0.2) is 0 Å². The van der Waals surface area contributed by atoms with Crippen LogP contribution in [-0.4, -0.2) is 12.4 Å².